The lowest BCUT2D eigenvalue weighted by molar-refractivity contribution is -0.125. The van der Waals surface area contributed by atoms with Crippen molar-refractivity contribution < 1.29 is 13.2 Å². The summed E-state index contributed by atoms with van der Waals surface area (Å²) in [6.45, 7) is 4.90. The minimum Gasteiger partial charge on any atom is -0.358 e. The molecule has 12 heteroatoms. The summed E-state index contributed by atoms with van der Waals surface area (Å²) in [6.07, 6.45) is -0.577. The first-order valence-corrected chi connectivity index (χ1v) is 13.8. The Balaban J connectivity index is 1.51. The summed E-state index contributed by atoms with van der Waals surface area (Å²) >= 11 is 12.2. The molecule has 2 aliphatic heterocycles. The fourth-order valence-corrected chi connectivity index (χ4v) is 6.77. The Morgan fingerprint density at radius 1 is 1.06 bits per heavy atom. The number of nitrogens with zero attached hydrogens (tertiary/aromatic N) is 4. The molecule has 2 aliphatic rings. The quantitative estimate of drug-likeness (QED) is 0.516. The zero-order valence-corrected chi connectivity index (χ0v) is 22.1. The van der Waals surface area contributed by atoms with E-state index in [9.17, 15) is 13.2 Å². The second-order valence-corrected chi connectivity index (χ2v) is 12.1. The summed E-state index contributed by atoms with van der Waals surface area (Å²) in [4.78, 5) is 24.9. The van der Waals surface area contributed by atoms with Crippen molar-refractivity contribution in [3.05, 3.63) is 58.3 Å². The van der Waals surface area contributed by atoms with Crippen LogP contribution in [0, 0.1) is 5.92 Å². The number of nitrogens with one attached hydrogen (secondary N) is 2. The average molecular weight is 549 g/mol. The predicted molar refractivity (Wildman–Crippen MR) is 139 cm³/mol. The number of halogens is 2. The number of anilines is 1. The minimum atomic E-state index is -3.91. The minimum absolute atomic E-state index is 0.0163. The fraction of sp³-hybridized carbons (Fsp3) is 0.375. The van der Waals surface area contributed by atoms with E-state index in [1.54, 1.807) is 0 Å². The van der Waals surface area contributed by atoms with Gasteiger partial charge in [-0.25, -0.2) is 18.4 Å². The van der Waals surface area contributed by atoms with Crippen LogP contribution in [0.2, 0.25) is 10.0 Å². The van der Waals surface area contributed by atoms with Crippen molar-refractivity contribution in [2.75, 3.05) is 25.0 Å². The van der Waals surface area contributed by atoms with Crippen LogP contribution < -0.4 is 10.6 Å². The van der Waals surface area contributed by atoms with Gasteiger partial charge in [-0.2, -0.15) is 4.31 Å². The molecule has 2 atom stereocenters. The van der Waals surface area contributed by atoms with E-state index in [2.05, 4.69) is 10.6 Å². The highest BCUT2D eigenvalue weighted by Crippen LogP contribution is 2.30. The second-order valence-electron chi connectivity index (χ2n) is 9.30. The van der Waals surface area contributed by atoms with Gasteiger partial charge in [-0.3, -0.25) is 9.69 Å². The summed E-state index contributed by atoms with van der Waals surface area (Å²) in [5.41, 5.74) is 0.781. The molecule has 36 heavy (non-hydrogen) atoms. The molecule has 3 heterocycles. The number of amides is 1. The Bertz CT molecular complexity index is 1430. The predicted octanol–water partition coefficient (Wildman–Crippen LogP) is 3.34. The van der Waals surface area contributed by atoms with Gasteiger partial charge in [0.05, 0.1) is 23.2 Å². The van der Waals surface area contributed by atoms with Gasteiger partial charge in [0, 0.05) is 30.0 Å². The lowest BCUT2D eigenvalue weighted by Gasteiger charge is -2.41. The summed E-state index contributed by atoms with van der Waals surface area (Å²) in [7, 11) is -3.91. The highest BCUT2D eigenvalue weighted by atomic mass is 35.5. The molecule has 2 N–H and O–H groups in total. The number of piperazine rings is 1. The Labute approximate surface area is 219 Å². The van der Waals surface area contributed by atoms with E-state index in [0.717, 1.165) is 10.9 Å². The Morgan fingerprint density at radius 2 is 1.83 bits per heavy atom. The lowest BCUT2D eigenvalue weighted by atomic mass is 10.0. The molecule has 2 aromatic carbocycles. The van der Waals surface area contributed by atoms with Crippen molar-refractivity contribution in [1.29, 1.82) is 0 Å². The molecule has 1 amide bonds. The van der Waals surface area contributed by atoms with Gasteiger partial charge in [0.15, 0.2) is 0 Å². The maximum atomic E-state index is 13.4. The Hall–Kier alpha value is -2.50. The molecule has 9 nitrogen and oxygen atoms in total. The van der Waals surface area contributed by atoms with Crippen LogP contribution in [0.1, 0.15) is 19.7 Å². The van der Waals surface area contributed by atoms with Crippen LogP contribution in [0.3, 0.4) is 0 Å². The summed E-state index contributed by atoms with van der Waals surface area (Å²) in [5.74, 6) is 0.930. The number of benzene rings is 2. The van der Waals surface area contributed by atoms with Crippen LogP contribution in [0.4, 0.5) is 5.82 Å². The van der Waals surface area contributed by atoms with Crippen molar-refractivity contribution in [1.82, 2.24) is 24.5 Å². The largest absolute Gasteiger partial charge is 0.358 e. The van der Waals surface area contributed by atoms with Crippen molar-refractivity contribution in [2.45, 2.75) is 37.5 Å². The number of hydrogen-bond acceptors (Lipinski definition) is 7. The van der Waals surface area contributed by atoms with E-state index in [4.69, 9.17) is 33.2 Å². The number of fused-ring (bicyclic) bond motifs is 5. The van der Waals surface area contributed by atoms with Gasteiger partial charge < -0.3 is 10.6 Å². The van der Waals surface area contributed by atoms with Crippen molar-refractivity contribution in [3.8, 4) is 0 Å². The van der Waals surface area contributed by atoms with Gasteiger partial charge in [-0.05, 0) is 36.2 Å². The van der Waals surface area contributed by atoms with E-state index in [1.807, 2.05) is 43.0 Å². The van der Waals surface area contributed by atoms with Crippen LogP contribution in [0.15, 0.2) is 47.4 Å². The number of carbonyl (C=O) groups excluding carboxylic acids is 1. The zero-order chi connectivity index (χ0) is 25.6. The highest BCUT2D eigenvalue weighted by Gasteiger charge is 2.38. The number of rotatable bonds is 3. The SMILES string of the molecule is CC(C)[C@@H]1Nc2nc(nc3ccccc23)CN2CCN(S(=O)(=O)c3ccc(Cl)cc3Cl)CC2NC1=O. The van der Waals surface area contributed by atoms with E-state index in [-0.39, 0.29) is 34.8 Å². The summed E-state index contributed by atoms with van der Waals surface area (Å²) < 4.78 is 28.2. The van der Waals surface area contributed by atoms with Gasteiger partial charge in [0.1, 0.15) is 22.6 Å². The first kappa shape index (κ1) is 25.2. The van der Waals surface area contributed by atoms with Gasteiger partial charge in [0.2, 0.25) is 15.9 Å². The molecule has 3 aromatic rings. The first-order chi connectivity index (χ1) is 17.1. The van der Waals surface area contributed by atoms with E-state index < -0.39 is 22.2 Å². The number of carbonyl (C=O) groups is 1. The molecule has 2 bridgehead atoms. The molecule has 1 saturated heterocycles. The van der Waals surface area contributed by atoms with Gasteiger partial charge >= 0.3 is 0 Å². The fourth-order valence-electron chi connectivity index (χ4n) is 4.59. The lowest BCUT2D eigenvalue weighted by Crippen LogP contribution is -2.62. The molecular weight excluding hydrogens is 523 g/mol. The number of para-hydroxylation sites is 1. The van der Waals surface area contributed by atoms with Crippen molar-refractivity contribution in [3.63, 3.8) is 0 Å². The molecule has 0 radical (unpaired) electrons. The Kier molecular flexibility index (Phi) is 6.82. The van der Waals surface area contributed by atoms with Crippen LogP contribution in [0.5, 0.6) is 0 Å². The molecule has 1 aromatic heterocycles. The number of aromatic nitrogens is 2. The molecular formula is C24H26Cl2N6O3S. The molecule has 5 rings (SSSR count). The third kappa shape index (κ3) is 4.76. The van der Waals surface area contributed by atoms with Crippen molar-refractivity contribution >= 4 is 55.9 Å². The average Bonchev–Trinajstić information content (AvgIpc) is 2.82. The highest BCUT2D eigenvalue weighted by molar-refractivity contribution is 7.89. The molecule has 190 valence electrons. The van der Waals surface area contributed by atoms with Gasteiger partial charge in [-0.1, -0.05) is 49.2 Å². The van der Waals surface area contributed by atoms with E-state index in [0.29, 0.717) is 29.8 Å². The maximum Gasteiger partial charge on any atom is 0.244 e. The first-order valence-electron chi connectivity index (χ1n) is 11.7. The van der Waals surface area contributed by atoms with Crippen LogP contribution >= 0.6 is 23.2 Å². The molecule has 1 unspecified atom stereocenters. The second kappa shape index (κ2) is 9.75. The molecule has 0 spiro atoms. The smallest absolute Gasteiger partial charge is 0.244 e. The van der Waals surface area contributed by atoms with Gasteiger partial charge in [0.25, 0.3) is 0 Å². The monoisotopic (exact) mass is 548 g/mol. The van der Waals surface area contributed by atoms with Gasteiger partial charge in [-0.15, -0.1) is 0 Å². The summed E-state index contributed by atoms with van der Waals surface area (Å²) in [6, 6.07) is 11.4. The maximum absolute atomic E-state index is 13.4. The van der Waals surface area contributed by atoms with Crippen LogP contribution in [0.25, 0.3) is 10.9 Å². The number of sulfonamides is 1. The molecule has 0 saturated carbocycles. The zero-order valence-electron chi connectivity index (χ0n) is 19.8. The number of hydrogen-bond donors (Lipinski definition) is 2. The summed E-state index contributed by atoms with van der Waals surface area (Å²) in [5, 5.41) is 7.63. The van der Waals surface area contributed by atoms with E-state index in [1.165, 1.54) is 22.5 Å². The van der Waals surface area contributed by atoms with Crippen LogP contribution in [-0.4, -0.2) is 65.3 Å². The van der Waals surface area contributed by atoms with Crippen LogP contribution in [-0.2, 0) is 21.4 Å². The molecule has 1 fully saturated rings. The topological polar surface area (TPSA) is 108 Å². The standard InChI is InChI=1S/C24H26Cl2N6O3S/c1-14(2)22-24(33)29-21-13-32(36(34,35)19-8-7-15(25)11-17(19)26)10-9-31(21)12-20-27-18-6-4-3-5-16(18)23(28-20)30-22/h3-8,11,14,21-22H,9-10,12-13H2,1-2H3,(H,29,33)(H,27,28,30)/t21?,22-/m0/s1. The Morgan fingerprint density at radius 3 is 2.58 bits per heavy atom. The van der Waals surface area contributed by atoms with E-state index >= 15 is 0 Å². The normalized spacial score (nSPS) is 21.6. The third-order valence-corrected chi connectivity index (χ3v) is 9.09. The van der Waals surface area contributed by atoms with Crippen molar-refractivity contribution in [2.24, 2.45) is 5.92 Å². The third-order valence-electron chi connectivity index (χ3n) is 6.51. The molecule has 0 aliphatic carbocycles.